The Kier molecular flexibility index (Phi) is 8.64. The second-order valence-electron chi connectivity index (χ2n) is 4.25. The van der Waals surface area contributed by atoms with Gasteiger partial charge in [-0.25, -0.2) is 4.39 Å². The second-order valence-corrected chi connectivity index (χ2v) is 4.25. The van der Waals surface area contributed by atoms with E-state index in [1.54, 1.807) is 0 Å². The first kappa shape index (κ1) is 16.1. The Morgan fingerprint density at radius 2 is 1.76 bits per heavy atom. The number of alkyl halides is 1. The first-order chi connectivity index (χ1) is 8.04. The van der Waals surface area contributed by atoms with Crippen molar-refractivity contribution in [2.24, 2.45) is 5.92 Å². The quantitative estimate of drug-likeness (QED) is 0.357. The van der Waals surface area contributed by atoms with Crippen molar-refractivity contribution in [3.63, 3.8) is 0 Å². The molecule has 0 N–H and O–H groups in total. The summed E-state index contributed by atoms with van der Waals surface area (Å²) in [6, 6.07) is 0. The number of carbonyl (C=O) groups excluding carboxylic acids is 2. The van der Waals surface area contributed by atoms with Gasteiger partial charge in [-0.15, -0.1) is 0 Å². The molecule has 0 amide bonds. The molecule has 0 bridgehead atoms. The van der Waals surface area contributed by atoms with Crippen LogP contribution in [0.3, 0.4) is 0 Å². The Labute approximate surface area is 103 Å². The maximum Gasteiger partial charge on any atom is 0.316 e. The first-order valence-electron chi connectivity index (χ1n) is 6.39. The lowest BCUT2D eigenvalue weighted by molar-refractivity contribution is -0.152. The molecule has 0 saturated heterocycles. The van der Waals surface area contributed by atoms with Crippen molar-refractivity contribution in [1.82, 2.24) is 0 Å². The summed E-state index contributed by atoms with van der Waals surface area (Å²) in [4.78, 5) is 23.0. The van der Waals surface area contributed by atoms with E-state index < -0.39 is 23.8 Å². The number of Topliss-reactive ketones (excluding diaryl/α,β-unsaturated/α-hetero) is 1. The molecule has 0 radical (unpaired) electrons. The zero-order valence-electron chi connectivity index (χ0n) is 11.0. The van der Waals surface area contributed by atoms with E-state index in [0.717, 1.165) is 19.3 Å². The Balaban J connectivity index is 4.05. The Morgan fingerprint density at radius 3 is 2.29 bits per heavy atom. The van der Waals surface area contributed by atoms with Crippen LogP contribution in [-0.4, -0.2) is 24.5 Å². The summed E-state index contributed by atoms with van der Waals surface area (Å²) >= 11 is 0. The molecule has 0 rings (SSSR count). The molecular formula is C13H23FO3. The van der Waals surface area contributed by atoms with Gasteiger partial charge in [-0.3, -0.25) is 9.59 Å². The summed E-state index contributed by atoms with van der Waals surface area (Å²) in [6.45, 7) is 5.62. The molecule has 0 aromatic carbocycles. The van der Waals surface area contributed by atoms with E-state index in [-0.39, 0.29) is 6.42 Å². The Hall–Kier alpha value is -0.930. The van der Waals surface area contributed by atoms with Crippen LogP contribution in [0.15, 0.2) is 0 Å². The summed E-state index contributed by atoms with van der Waals surface area (Å²) in [7, 11) is 0. The lowest BCUT2D eigenvalue weighted by Crippen LogP contribution is -2.30. The van der Waals surface area contributed by atoms with Gasteiger partial charge in [-0.2, -0.15) is 0 Å². The zero-order chi connectivity index (χ0) is 13.3. The highest BCUT2D eigenvalue weighted by Gasteiger charge is 2.29. The van der Waals surface area contributed by atoms with Gasteiger partial charge in [0.15, 0.2) is 12.0 Å². The number of halogens is 1. The highest BCUT2D eigenvalue weighted by Crippen LogP contribution is 2.12. The molecule has 0 aliphatic rings. The van der Waals surface area contributed by atoms with Crippen molar-refractivity contribution >= 4 is 11.8 Å². The number of ether oxygens (including phenoxy) is 1. The second kappa shape index (κ2) is 9.14. The Bertz CT molecular complexity index is 241. The molecule has 100 valence electrons. The summed E-state index contributed by atoms with van der Waals surface area (Å²) in [5, 5.41) is 0. The molecule has 0 heterocycles. The van der Waals surface area contributed by atoms with Crippen molar-refractivity contribution in [2.75, 3.05) is 6.61 Å². The molecule has 0 spiro atoms. The Morgan fingerprint density at radius 1 is 1.18 bits per heavy atom. The van der Waals surface area contributed by atoms with Gasteiger partial charge in [0.25, 0.3) is 0 Å². The molecule has 4 heteroatoms. The molecule has 0 saturated carbocycles. The van der Waals surface area contributed by atoms with Gasteiger partial charge in [0.05, 0.1) is 6.61 Å². The average Bonchev–Trinajstić information content (AvgIpc) is 2.34. The number of hydrogen-bond acceptors (Lipinski definition) is 3. The number of unbranched alkanes of at least 4 members (excludes halogenated alkanes) is 2. The summed E-state index contributed by atoms with van der Waals surface area (Å²) < 4.78 is 18.3. The van der Waals surface area contributed by atoms with E-state index in [1.807, 2.05) is 13.8 Å². The predicted octanol–water partition coefficient (Wildman–Crippen LogP) is 3.06. The highest BCUT2D eigenvalue weighted by molar-refractivity contribution is 6.00. The third kappa shape index (κ3) is 6.39. The standard InChI is InChI=1S/C13H23FO3/c1-4-6-8-11(14)12(15)10(3)13(16)17-9-7-5-2/h10-11H,4-9H2,1-3H3. The van der Waals surface area contributed by atoms with Crippen molar-refractivity contribution in [2.45, 2.75) is 59.0 Å². The fraction of sp³-hybridized carbons (Fsp3) is 0.846. The van der Waals surface area contributed by atoms with E-state index in [4.69, 9.17) is 4.74 Å². The third-order valence-electron chi connectivity index (χ3n) is 2.64. The molecule has 0 aliphatic carbocycles. The first-order valence-corrected chi connectivity index (χ1v) is 6.39. The van der Waals surface area contributed by atoms with Crippen LogP contribution < -0.4 is 0 Å². The van der Waals surface area contributed by atoms with Gasteiger partial charge in [0.2, 0.25) is 0 Å². The lowest BCUT2D eigenvalue weighted by Gasteiger charge is -2.13. The predicted molar refractivity (Wildman–Crippen MR) is 64.5 cm³/mol. The molecule has 0 aliphatic heterocycles. The molecule has 3 nitrogen and oxygen atoms in total. The zero-order valence-corrected chi connectivity index (χ0v) is 11.0. The molecule has 0 aromatic heterocycles. The lowest BCUT2D eigenvalue weighted by atomic mass is 9.99. The monoisotopic (exact) mass is 246 g/mol. The fourth-order valence-electron chi connectivity index (χ4n) is 1.36. The van der Waals surface area contributed by atoms with E-state index in [0.29, 0.717) is 13.0 Å². The highest BCUT2D eigenvalue weighted by atomic mass is 19.1. The van der Waals surface area contributed by atoms with E-state index >= 15 is 0 Å². The topological polar surface area (TPSA) is 43.4 Å². The number of rotatable bonds is 9. The summed E-state index contributed by atoms with van der Waals surface area (Å²) in [5.74, 6) is -2.25. The van der Waals surface area contributed by atoms with Gasteiger partial charge in [-0.05, 0) is 19.8 Å². The largest absolute Gasteiger partial charge is 0.465 e. The number of hydrogen-bond donors (Lipinski definition) is 0. The smallest absolute Gasteiger partial charge is 0.316 e. The summed E-state index contributed by atoms with van der Waals surface area (Å²) in [5.41, 5.74) is 0. The van der Waals surface area contributed by atoms with Crippen LogP contribution in [0.4, 0.5) is 4.39 Å². The molecule has 17 heavy (non-hydrogen) atoms. The van der Waals surface area contributed by atoms with Gasteiger partial charge in [0, 0.05) is 0 Å². The van der Waals surface area contributed by atoms with Gasteiger partial charge < -0.3 is 4.74 Å². The molecule has 0 aromatic rings. The van der Waals surface area contributed by atoms with Crippen LogP contribution in [0, 0.1) is 5.92 Å². The minimum Gasteiger partial charge on any atom is -0.465 e. The third-order valence-corrected chi connectivity index (χ3v) is 2.64. The van der Waals surface area contributed by atoms with Crippen LogP contribution in [0.1, 0.15) is 52.9 Å². The van der Waals surface area contributed by atoms with Crippen LogP contribution in [0.5, 0.6) is 0 Å². The van der Waals surface area contributed by atoms with Crippen molar-refractivity contribution < 1.29 is 18.7 Å². The number of carbonyl (C=O) groups is 2. The van der Waals surface area contributed by atoms with E-state index in [2.05, 4.69) is 0 Å². The average molecular weight is 246 g/mol. The van der Waals surface area contributed by atoms with Crippen molar-refractivity contribution in [3.8, 4) is 0 Å². The van der Waals surface area contributed by atoms with Crippen molar-refractivity contribution in [3.05, 3.63) is 0 Å². The maximum atomic E-state index is 13.4. The molecule has 2 unspecified atom stereocenters. The molecular weight excluding hydrogens is 223 g/mol. The molecule has 0 fully saturated rings. The number of ketones is 1. The fourth-order valence-corrected chi connectivity index (χ4v) is 1.36. The number of esters is 1. The van der Waals surface area contributed by atoms with Gasteiger partial charge in [0.1, 0.15) is 5.92 Å². The van der Waals surface area contributed by atoms with Crippen molar-refractivity contribution in [1.29, 1.82) is 0 Å². The SMILES string of the molecule is CCCCOC(=O)C(C)C(=O)C(F)CCCC. The van der Waals surface area contributed by atoms with E-state index in [1.165, 1.54) is 6.92 Å². The normalized spacial score (nSPS) is 14.1. The maximum absolute atomic E-state index is 13.4. The van der Waals surface area contributed by atoms with Crippen LogP contribution in [-0.2, 0) is 14.3 Å². The van der Waals surface area contributed by atoms with Crippen LogP contribution in [0.2, 0.25) is 0 Å². The summed E-state index contributed by atoms with van der Waals surface area (Å²) in [6.07, 6.45) is 1.83. The molecule has 2 atom stereocenters. The van der Waals surface area contributed by atoms with Gasteiger partial charge in [-0.1, -0.05) is 33.1 Å². The minimum absolute atomic E-state index is 0.196. The van der Waals surface area contributed by atoms with E-state index in [9.17, 15) is 14.0 Å². The minimum atomic E-state index is -1.54. The van der Waals surface area contributed by atoms with Crippen LogP contribution >= 0.6 is 0 Å². The van der Waals surface area contributed by atoms with Gasteiger partial charge >= 0.3 is 5.97 Å². The van der Waals surface area contributed by atoms with Crippen LogP contribution in [0.25, 0.3) is 0 Å².